The van der Waals surface area contributed by atoms with Crippen LogP contribution in [0.1, 0.15) is 23.5 Å². The molecule has 0 aliphatic rings. The van der Waals surface area contributed by atoms with E-state index in [1.54, 1.807) is 0 Å². The van der Waals surface area contributed by atoms with E-state index < -0.39 is 0 Å². The van der Waals surface area contributed by atoms with Crippen LogP contribution in [0.2, 0.25) is 0 Å². The second kappa shape index (κ2) is 5.94. The lowest BCUT2D eigenvalue weighted by Crippen LogP contribution is -2.13. The van der Waals surface area contributed by atoms with Crippen LogP contribution in [0.25, 0.3) is 21.8 Å². The first-order valence-corrected chi connectivity index (χ1v) is 8.14. The molecule has 2 aromatic heterocycles. The highest BCUT2D eigenvalue weighted by Gasteiger charge is 2.15. The number of fused-ring (bicyclic) bond motifs is 2. The number of nitrogens with one attached hydrogen (secondary N) is 3. The van der Waals surface area contributed by atoms with Crippen molar-refractivity contribution in [2.75, 3.05) is 13.6 Å². The standard InChI is InChI=1S/C20H21N3/c1-21-9-8-18(15-4-5-19-17(12-15)7-11-22-19)16-3-2-14-6-10-23-20(14)13-16/h2-7,10-13,18,21-23H,8-9H2,1H3. The lowest BCUT2D eigenvalue weighted by atomic mass is 9.87. The monoisotopic (exact) mass is 303 g/mol. The van der Waals surface area contributed by atoms with Crippen molar-refractivity contribution in [3.05, 3.63) is 72.1 Å². The minimum Gasteiger partial charge on any atom is -0.361 e. The second-order valence-corrected chi connectivity index (χ2v) is 6.09. The third-order valence-electron chi connectivity index (χ3n) is 4.64. The molecule has 3 nitrogen and oxygen atoms in total. The molecule has 1 unspecified atom stereocenters. The molecule has 0 fully saturated rings. The number of aromatic amines is 2. The van der Waals surface area contributed by atoms with Gasteiger partial charge in [0.25, 0.3) is 0 Å². The average molecular weight is 303 g/mol. The summed E-state index contributed by atoms with van der Waals surface area (Å²) in [4.78, 5) is 6.60. The molecule has 2 aromatic carbocycles. The minimum atomic E-state index is 0.398. The normalized spacial score (nSPS) is 12.9. The zero-order chi connectivity index (χ0) is 15.6. The molecule has 0 saturated carbocycles. The number of aromatic nitrogens is 2. The topological polar surface area (TPSA) is 43.6 Å². The average Bonchev–Trinajstić information content (AvgIpc) is 3.23. The van der Waals surface area contributed by atoms with Gasteiger partial charge < -0.3 is 15.3 Å². The summed E-state index contributed by atoms with van der Waals surface area (Å²) in [5, 5.41) is 5.83. The molecular formula is C20H21N3. The van der Waals surface area contributed by atoms with Crippen molar-refractivity contribution in [2.45, 2.75) is 12.3 Å². The summed E-state index contributed by atoms with van der Waals surface area (Å²) in [5.41, 5.74) is 5.14. The minimum absolute atomic E-state index is 0.398. The van der Waals surface area contributed by atoms with Gasteiger partial charge >= 0.3 is 0 Å². The van der Waals surface area contributed by atoms with Gasteiger partial charge in [-0.1, -0.05) is 18.2 Å². The van der Waals surface area contributed by atoms with E-state index in [2.05, 4.69) is 63.8 Å². The Balaban J connectivity index is 1.78. The maximum absolute atomic E-state index is 3.33. The van der Waals surface area contributed by atoms with Gasteiger partial charge in [-0.2, -0.15) is 0 Å². The zero-order valence-corrected chi connectivity index (χ0v) is 13.3. The molecule has 0 radical (unpaired) electrons. The van der Waals surface area contributed by atoms with Gasteiger partial charge in [0.2, 0.25) is 0 Å². The smallest absolute Gasteiger partial charge is 0.0456 e. The van der Waals surface area contributed by atoms with Crippen LogP contribution in [0.5, 0.6) is 0 Å². The summed E-state index contributed by atoms with van der Waals surface area (Å²) in [5.74, 6) is 0.398. The summed E-state index contributed by atoms with van der Waals surface area (Å²) >= 11 is 0. The van der Waals surface area contributed by atoms with Gasteiger partial charge in [0.1, 0.15) is 0 Å². The quantitative estimate of drug-likeness (QED) is 0.503. The molecule has 4 aromatic rings. The summed E-state index contributed by atoms with van der Waals surface area (Å²) in [6.45, 7) is 0.999. The third kappa shape index (κ3) is 2.64. The third-order valence-corrected chi connectivity index (χ3v) is 4.64. The molecule has 3 N–H and O–H groups in total. The fourth-order valence-electron chi connectivity index (χ4n) is 3.39. The Labute approximate surface area is 135 Å². The lowest BCUT2D eigenvalue weighted by Gasteiger charge is -2.18. The molecule has 2 heterocycles. The molecule has 23 heavy (non-hydrogen) atoms. The zero-order valence-electron chi connectivity index (χ0n) is 13.3. The number of rotatable bonds is 5. The van der Waals surface area contributed by atoms with E-state index in [1.165, 1.54) is 32.9 Å². The number of hydrogen-bond donors (Lipinski definition) is 3. The molecule has 1 atom stereocenters. The van der Waals surface area contributed by atoms with Crippen molar-refractivity contribution in [3.8, 4) is 0 Å². The van der Waals surface area contributed by atoms with E-state index >= 15 is 0 Å². The Bertz CT molecular complexity index is 858. The largest absolute Gasteiger partial charge is 0.361 e. The first kappa shape index (κ1) is 14.1. The van der Waals surface area contributed by atoms with Crippen molar-refractivity contribution in [3.63, 3.8) is 0 Å². The van der Waals surface area contributed by atoms with E-state index in [9.17, 15) is 0 Å². The molecule has 0 amide bonds. The highest BCUT2D eigenvalue weighted by molar-refractivity contribution is 5.81. The number of H-pyrrole nitrogens is 2. The Kier molecular flexibility index (Phi) is 3.64. The molecule has 0 spiro atoms. The van der Waals surface area contributed by atoms with Crippen molar-refractivity contribution < 1.29 is 0 Å². The Morgan fingerprint density at radius 1 is 0.826 bits per heavy atom. The van der Waals surface area contributed by atoms with Gasteiger partial charge in [-0.05, 0) is 72.2 Å². The Morgan fingerprint density at radius 2 is 1.57 bits per heavy atom. The molecule has 3 heteroatoms. The fourth-order valence-corrected chi connectivity index (χ4v) is 3.39. The maximum Gasteiger partial charge on any atom is 0.0456 e. The van der Waals surface area contributed by atoms with Crippen LogP contribution >= 0.6 is 0 Å². The SMILES string of the molecule is CNCCC(c1ccc2[nH]ccc2c1)c1ccc2cc[nH]c2c1. The van der Waals surface area contributed by atoms with Gasteiger partial charge in [-0.25, -0.2) is 0 Å². The van der Waals surface area contributed by atoms with Gasteiger partial charge in [-0.15, -0.1) is 0 Å². The Morgan fingerprint density at radius 3 is 2.43 bits per heavy atom. The number of benzene rings is 2. The molecule has 0 aliphatic heterocycles. The highest BCUT2D eigenvalue weighted by atomic mass is 14.8. The van der Waals surface area contributed by atoms with Gasteiger partial charge in [0.15, 0.2) is 0 Å². The molecule has 4 rings (SSSR count). The summed E-state index contributed by atoms with van der Waals surface area (Å²) < 4.78 is 0. The van der Waals surface area contributed by atoms with Crippen molar-refractivity contribution in [1.82, 2.24) is 15.3 Å². The molecule has 0 bridgehead atoms. The van der Waals surface area contributed by atoms with Crippen LogP contribution < -0.4 is 5.32 Å². The van der Waals surface area contributed by atoms with Crippen LogP contribution in [-0.4, -0.2) is 23.6 Å². The summed E-state index contributed by atoms with van der Waals surface area (Å²) in [7, 11) is 2.01. The van der Waals surface area contributed by atoms with Crippen LogP contribution in [-0.2, 0) is 0 Å². The van der Waals surface area contributed by atoms with E-state index in [0.29, 0.717) is 5.92 Å². The first-order chi connectivity index (χ1) is 11.3. The highest BCUT2D eigenvalue weighted by Crippen LogP contribution is 2.31. The first-order valence-electron chi connectivity index (χ1n) is 8.14. The fraction of sp³-hybridized carbons (Fsp3) is 0.200. The van der Waals surface area contributed by atoms with E-state index in [4.69, 9.17) is 0 Å². The van der Waals surface area contributed by atoms with Gasteiger partial charge in [0.05, 0.1) is 0 Å². The molecule has 0 saturated heterocycles. The molecular weight excluding hydrogens is 282 g/mol. The molecule has 0 aliphatic carbocycles. The predicted octanol–water partition coefficient (Wildman–Crippen LogP) is 4.39. The van der Waals surface area contributed by atoms with Crippen LogP contribution in [0.3, 0.4) is 0 Å². The van der Waals surface area contributed by atoms with Crippen molar-refractivity contribution in [2.24, 2.45) is 0 Å². The van der Waals surface area contributed by atoms with E-state index in [0.717, 1.165) is 13.0 Å². The number of hydrogen-bond acceptors (Lipinski definition) is 1. The van der Waals surface area contributed by atoms with Gasteiger partial charge in [-0.3, -0.25) is 0 Å². The maximum atomic E-state index is 3.33. The van der Waals surface area contributed by atoms with E-state index in [1.807, 2.05) is 19.4 Å². The summed E-state index contributed by atoms with van der Waals surface area (Å²) in [6, 6.07) is 17.8. The predicted molar refractivity (Wildman–Crippen MR) is 97.0 cm³/mol. The van der Waals surface area contributed by atoms with Crippen molar-refractivity contribution in [1.29, 1.82) is 0 Å². The van der Waals surface area contributed by atoms with Crippen molar-refractivity contribution >= 4 is 21.8 Å². The lowest BCUT2D eigenvalue weighted by molar-refractivity contribution is 0.662. The van der Waals surface area contributed by atoms with Crippen LogP contribution in [0, 0.1) is 0 Å². The molecule has 116 valence electrons. The Hall–Kier alpha value is -2.52. The second-order valence-electron chi connectivity index (χ2n) is 6.09. The van der Waals surface area contributed by atoms with Crippen LogP contribution in [0.15, 0.2) is 60.9 Å². The summed E-state index contributed by atoms with van der Waals surface area (Å²) in [6.07, 6.45) is 5.09. The van der Waals surface area contributed by atoms with E-state index in [-0.39, 0.29) is 0 Å². The van der Waals surface area contributed by atoms with Gasteiger partial charge in [0, 0.05) is 29.3 Å². The van der Waals surface area contributed by atoms with Crippen LogP contribution in [0.4, 0.5) is 0 Å².